The predicted octanol–water partition coefficient (Wildman–Crippen LogP) is 1.36. The molecule has 116 valence electrons. The van der Waals surface area contributed by atoms with Crippen LogP contribution < -0.4 is 10.6 Å². The molecule has 1 aromatic carbocycles. The Kier molecular flexibility index (Phi) is 6.02. The maximum Gasteiger partial charge on any atom is 0.340 e. The van der Waals surface area contributed by atoms with Crippen LogP contribution in [-0.2, 0) is 9.53 Å². The average molecular weight is 293 g/mol. The lowest BCUT2D eigenvalue weighted by Gasteiger charge is -2.25. The number of amides is 1. The van der Waals surface area contributed by atoms with Gasteiger partial charge in [-0.2, -0.15) is 0 Å². The lowest BCUT2D eigenvalue weighted by Crippen LogP contribution is -2.39. The first-order chi connectivity index (χ1) is 9.94. The molecule has 21 heavy (non-hydrogen) atoms. The smallest absolute Gasteiger partial charge is 0.340 e. The van der Waals surface area contributed by atoms with Crippen molar-refractivity contribution in [3.8, 4) is 0 Å². The molecule has 0 fully saturated rings. The number of nitrogen functional groups attached to an aromatic ring is 1. The minimum atomic E-state index is -0.473. The number of likely N-dealkylation sites (N-methyl/N-ethyl adjacent to an activating group) is 2. The molecule has 0 aliphatic carbocycles. The van der Waals surface area contributed by atoms with Gasteiger partial charge in [-0.15, -0.1) is 0 Å². The summed E-state index contributed by atoms with van der Waals surface area (Å²) in [6, 6.07) is 4.97. The summed E-state index contributed by atoms with van der Waals surface area (Å²) in [5, 5.41) is 0. The van der Waals surface area contributed by atoms with Gasteiger partial charge in [-0.3, -0.25) is 4.79 Å². The molecule has 6 heteroatoms. The SMILES string of the molecule is CCN(CC)C(=O)CN(C)c1ccc(N)cc1C(=O)OC. The molecule has 0 aromatic heterocycles. The van der Waals surface area contributed by atoms with Crippen molar-refractivity contribution in [1.82, 2.24) is 4.90 Å². The molecule has 0 aliphatic heterocycles. The molecule has 0 spiro atoms. The van der Waals surface area contributed by atoms with E-state index >= 15 is 0 Å². The van der Waals surface area contributed by atoms with E-state index in [1.165, 1.54) is 7.11 Å². The van der Waals surface area contributed by atoms with Crippen molar-refractivity contribution in [3.05, 3.63) is 23.8 Å². The predicted molar refractivity (Wildman–Crippen MR) is 83.4 cm³/mol. The Hall–Kier alpha value is -2.24. The van der Waals surface area contributed by atoms with Crippen LogP contribution in [0.2, 0.25) is 0 Å². The number of benzene rings is 1. The second-order valence-corrected chi connectivity index (χ2v) is 4.69. The van der Waals surface area contributed by atoms with E-state index in [0.29, 0.717) is 30.0 Å². The van der Waals surface area contributed by atoms with Gasteiger partial charge in [-0.1, -0.05) is 0 Å². The lowest BCUT2D eigenvalue weighted by atomic mass is 10.1. The van der Waals surface area contributed by atoms with Crippen molar-refractivity contribution < 1.29 is 14.3 Å². The third kappa shape index (κ3) is 4.11. The first-order valence-electron chi connectivity index (χ1n) is 6.91. The van der Waals surface area contributed by atoms with Crippen LogP contribution in [0.4, 0.5) is 11.4 Å². The molecule has 1 rings (SSSR count). The number of carbonyl (C=O) groups excluding carboxylic acids is 2. The van der Waals surface area contributed by atoms with Crippen molar-refractivity contribution in [1.29, 1.82) is 0 Å². The van der Waals surface area contributed by atoms with Crippen LogP contribution in [0.5, 0.6) is 0 Å². The Labute approximate surface area is 125 Å². The number of carbonyl (C=O) groups is 2. The summed E-state index contributed by atoms with van der Waals surface area (Å²) < 4.78 is 4.76. The number of ether oxygens (including phenoxy) is 1. The van der Waals surface area contributed by atoms with E-state index in [0.717, 1.165) is 0 Å². The molecule has 1 amide bonds. The fourth-order valence-corrected chi connectivity index (χ4v) is 2.12. The number of esters is 1. The van der Waals surface area contributed by atoms with Gasteiger partial charge in [0.2, 0.25) is 5.91 Å². The summed E-state index contributed by atoms with van der Waals surface area (Å²) in [6.07, 6.45) is 0. The minimum Gasteiger partial charge on any atom is -0.465 e. The Morgan fingerprint density at radius 3 is 2.38 bits per heavy atom. The fourth-order valence-electron chi connectivity index (χ4n) is 2.12. The van der Waals surface area contributed by atoms with Gasteiger partial charge in [0.25, 0.3) is 0 Å². The van der Waals surface area contributed by atoms with Crippen LogP contribution in [0.25, 0.3) is 0 Å². The highest BCUT2D eigenvalue weighted by molar-refractivity contribution is 5.97. The molecular weight excluding hydrogens is 270 g/mol. The first kappa shape index (κ1) is 16.8. The number of nitrogens with zero attached hydrogens (tertiary/aromatic N) is 2. The van der Waals surface area contributed by atoms with Crippen molar-refractivity contribution >= 4 is 23.3 Å². The van der Waals surface area contributed by atoms with Crippen molar-refractivity contribution in [2.24, 2.45) is 0 Å². The topological polar surface area (TPSA) is 75.9 Å². The monoisotopic (exact) mass is 293 g/mol. The molecule has 0 aliphatic rings. The van der Waals surface area contributed by atoms with Gasteiger partial charge in [0.05, 0.1) is 24.9 Å². The maximum atomic E-state index is 12.2. The highest BCUT2D eigenvalue weighted by atomic mass is 16.5. The van der Waals surface area contributed by atoms with Gasteiger partial charge in [0.1, 0.15) is 0 Å². The van der Waals surface area contributed by atoms with E-state index < -0.39 is 5.97 Å². The maximum absolute atomic E-state index is 12.2. The molecule has 2 N–H and O–H groups in total. The van der Waals surface area contributed by atoms with E-state index in [2.05, 4.69) is 0 Å². The Bertz CT molecular complexity index is 513. The largest absolute Gasteiger partial charge is 0.465 e. The highest BCUT2D eigenvalue weighted by Crippen LogP contribution is 2.23. The zero-order chi connectivity index (χ0) is 16.0. The fraction of sp³-hybridized carbons (Fsp3) is 0.467. The van der Waals surface area contributed by atoms with E-state index in [1.54, 1.807) is 35.0 Å². The third-order valence-electron chi connectivity index (χ3n) is 3.33. The highest BCUT2D eigenvalue weighted by Gasteiger charge is 2.18. The van der Waals surface area contributed by atoms with E-state index in [4.69, 9.17) is 10.5 Å². The van der Waals surface area contributed by atoms with Gasteiger partial charge < -0.3 is 20.3 Å². The molecule has 1 aromatic rings. The molecule has 0 saturated carbocycles. The number of hydrogen-bond donors (Lipinski definition) is 1. The molecule has 0 heterocycles. The summed E-state index contributed by atoms with van der Waals surface area (Å²) in [6.45, 7) is 5.38. The first-order valence-corrected chi connectivity index (χ1v) is 6.91. The molecule has 0 bridgehead atoms. The standard InChI is InChI=1S/C15H23N3O3/c1-5-18(6-2)14(19)10-17(3)13-8-7-11(16)9-12(13)15(20)21-4/h7-9H,5-6,10,16H2,1-4H3. The van der Waals surface area contributed by atoms with Crippen LogP contribution in [0.3, 0.4) is 0 Å². The van der Waals surface area contributed by atoms with E-state index in [1.807, 2.05) is 13.8 Å². The van der Waals surface area contributed by atoms with Gasteiger partial charge in [-0.25, -0.2) is 4.79 Å². The van der Waals surface area contributed by atoms with Crippen LogP contribution >= 0.6 is 0 Å². The second kappa shape index (κ2) is 7.52. The molecule has 0 atom stereocenters. The van der Waals surface area contributed by atoms with Gasteiger partial charge in [0, 0.05) is 25.8 Å². The summed E-state index contributed by atoms with van der Waals surface area (Å²) in [5.74, 6) is -0.463. The number of methoxy groups -OCH3 is 1. The van der Waals surface area contributed by atoms with Gasteiger partial charge >= 0.3 is 5.97 Å². The molecular formula is C15H23N3O3. The number of anilines is 2. The number of hydrogen-bond acceptors (Lipinski definition) is 5. The summed E-state index contributed by atoms with van der Waals surface area (Å²) >= 11 is 0. The summed E-state index contributed by atoms with van der Waals surface area (Å²) in [7, 11) is 3.08. The zero-order valence-corrected chi connectivity index (χ0v) is 13.0. The van der Waals surface area contributed by atoms with Crippen LogP contribution in [0.1, 0.15) is 24.2 Å². The quantitative estimate of drug-likeness (QED) is 0.633. The van der Waals surface area contributed by atoms with Gasteiger partial charge in [-0.05, 0) is 32.0 Å². The average Bonchev–Trinajstić information content (AvgIpc) is 2.47. The van der Waals surface area contributed by atoms with Crippen LogP contribution in [0.15, 0.2) is 18.2 Å². The molecule has 0 saturated heterocycles. The van der Waals surface area contributed by atoms with Crippen LogP contribution in [-0.4, -0.2) is 50.6 Å². The number of rotatable bonds is 6. The van der Waals surface area contributed by atoms with Crippen molar-refractivity contribution in [3.63, 3.8) is 0 Å². The molecule has 6 nitrogen and oxygen atoms in total. The molecule has 0 radical (unpaired) electrons. The Balaban J connectivity index is 2.99. The van der Waals surface area contributed by atoms with E-state index in [9.17, 15) is 9.59 Å². The normalized spacial score (nSPS) is 10.1. The van der Waals surface area contributed by atoms with Crippen LogP contribution in [0, 0.1) is 0 Å². The third-order valence-corrected chi connectivity index (χ3v) is 3.33. The van der Waals surface area contributed by atoms with Gasteiger partial charge in [0.15, 0.2) is 0 Å². The summed E-state index contributed by atoms with van der Waals surface area (Å²) in [4.78, 5) is 27.4. The Morgan fingerprint density at radius 2 is 1.86 bits per heavy atom. The molecule has 0 unspecified atom stereocenters. The zero-order valence-electron chi connectivity index (χ0n) is 13.0. The second-order valence-electron chi connectivity index (χ2n) is 4.69. The lowest BCUT2D eigenvalue weighted by molar-refractivity contribution is -0.129. The number of nitrogens with two attached hydrogens (primary N) is 1. The minimum absolute atomic E-state index is 0.00939. The summed E-state index contributed by atoms with van der Waals surface area (Å²) in [5.41, 5.74) is 7.16. The van der Waals surface area contributed by atoms with E-state index in [-0.39, 0.29) is 12.5 Å². The van der Waals surface area contributed by atoms with Crippen molar-refractivity contribution in [2.75, 3.05) is 44.4 Å². The van der Waals surface area contributed by atoms with Crippen molar-refractivity contribution in [2.45, 2.75) is 13.8 Å². The Morgan fingerprint density at radius 1 is 1.24 bits per heavy atom.